The van der Waals surface area contributed by atoms with Crippen molar-refractivity contribution in [1.82, 2.24) is 5.32 Å². The van der Waals surface area contributed by atoms with Gasteiger partial charge in [0.1, 0.15) is 11.5 Å². The maximum absolute atomic E-state index is 13.0. The summed E-state index contributed by atoms with van der Waals surface area (Å²) < 4.78 is 34.7. The van der Waals surface area contributed by atoms with Crippen molar-refractivity contribution < 1.29 is 22.7 Å². The van der Waals surface area contributed by atoms with Gasteiger partial charge in [-0.1, -0.05) is 24.3 Å². The van der Waals surface area contributed by atoms with Crippen molar-refractivity contribution in [1.29, 1.82) is 0 Å². The number of carbonyl (C=O) groups is 1. The minimum atomic E-state index is -3.93. The van der Waals surface area contributed by atoms with Crippen molar-refractivity contribution in [3.05, 3.63) is 71.8 Å². The van der Waals surface area contributed by atoms with Crippen molar-refractivity contribution in [2.45, 2.75) is 11.3 Å². The second-order valence-corrected chi connectivity index (χ2v) is 8.77. The van der Waals surface area contributed by atoms with Gasteiger partial charge in [-0.25, -0.2) is 13.6 Å². The van der Waals surface area contributed by atoms with Gasteiger partial charge < -0.3 is 20.1 Å². The molecule has 33 heavy (non-hydrogen) atoms. The molecule has 0 atom stereocenters. The third-order valence-corrected chi connectivity index (χ3v) is 6.17. The summed E-state index contributed by atoms with van der Waals surface area (Å²) in [5.41, 5.74) is 2.90. The molecular weight excluding hydrogens is 442 g/mol. The second kappa shape index (κ2) is 10.4. The van der Waals surface area contributed by atoms with Crippen LogP contribution in [0.25, 0.3) is 11.1 Å². The van der Waals surface area contributed by atoms with E-state index in [-0.39, 0.29) is 10.8 Å². The number of carbonyl (C=O) groups excluding carboxylic acids is 1. The average Bonchev–Trinajstić information content (AvgIpc) is 2.82. The number of methoxy groups -OCH3 is 2. The highest BCUT2D eigenvalue weighted by Gasteiger charge is 2.18. The van der Waals surface area contributed by atoms with E-state index < -0.39 is 10.0 Å². The van der Waals surface area contributed by atoms with Crippen LogP contribution in [0, 0.1) is 0 Å². The highest BCUT2D eigenvalue weighted by molar-refractivity contribution is 7.89. The molecule has 1 amide bonds. The molecule has 3 rings (SSSR count). The summed E-state index contributed by atoms with van der Waals surface area (Å²) >= 11 is 0. The molecular formula is C24H27N3O5S. The monoisotopic (exact) mass is 469 g/mol. The van der Waals surface area contributed by atoms with Crippen LogP contribution in [0.2, 0.25) is 0 Å². The first-order valence-electron chi connectivity index (χ1n) is 10.2. The van der Waals surface area contributed by atoms with Crippen LogP contribution in [-0.2, 0) is 16.4 Å². The first kappa shape index (κ1) is 24.1. The molecule has 0 bridgehead atoms. The van der Waals surface area contributed by atoms with Crippen LogP contribution in [0.15, 0.2) is 65.6 Å². The van der Waals surface area contributed by atoms with Gasteiger partial charge in [-0.05, 0) is 53.9 Å². The van der Waals surface area contributed by atoms with E-state index in [0.29, 0.717) is 46.8 Å². The Balaban J connectivity index is 1.85. The fourth-order valence-corrected chi connectivity index (χ4v) is 4.31. The molecule has 0 radical (unpaired) electrons. The summed E-state index contributed by atoms with van der Waals surface area (Å²) in [5.74, 6) is 1.12. The molecule has 0 aliphatic heterocycles. The fourth-order valence-electron chi connectivity index (χ4n) is 3.55. The molecule has 0 fully saturated rings. The third-order valence-electron chi connectivity index (χ3n) is 5.21. The van der Waals surface area contributed by atoms with E-state index in [0.717, 1.165) is 5.56 Å². The number of ether oxygens (including phenoxy) is 2. The number of primary sulfonamides is 1. The van der Waals surface area contributed by atoms with Crippen LogP contribution >= 0.6 is 0 Å². The number of anilines is 1. The van der Waals surface area contributed by atoms with Gasteiger partial charge in [-0.3, -0.25) is 4.79 Å². The number of nitrogens with one attached hydrogen (secondary N) is 2. The Kier molecular flexibility index (Phi) is 7.57. The number of hydrogen-bond donors (Lipinski definition) is 3. The Morgan fingerprint density at radius 1 is 1.00 bits per heavy atom. The van der Waals surface area contributed by atoms with E-state index in [1.165, 1.54) is 6.07 Å². The second-order valence-electron chi connectivity index (χ2n) is 7.24. The van der Waals surface area contributed by atoms with E-state index in [9.17, 15) is 13.2 Å². The predicted molar refractivity (Wildman–Crippen MR) is 128 cm³/mol. The number of nitrogens with two attached hydrogens (primary N) is 1. The van der Waals surface area contributed by atoms with E-state index in [4.69, 9.17) is 14.6 Å². The Bertz CT molecular complexity index is 1260. The summed E-state index contributed by atoms with van der Waals surface area (Å²) in [4.78, 5) is 13.0. The minimum absolute atomic E-state index is 0.00122. The van der Waals surface area contributed by atoms with Gasteiger partial charge in [0.05, 0.1) is 24.7 Å². The summed E-state index contributed by atoms with van der Waals surface area (Å²) in [6.45, 7) is 0.365. The van der Waals surface area contributed by atoms with Crippen molar-refractivity contribution in [2.75, 3.05) is 33.1 Å². The number of sulfonamides is 1. The maximum Gasteiger partial charge on any atom is 0.253 e. The standard InChI is InChI=1S/C24H27N3O5S/c1-26-21-10-8-16(19-6-4-5-7-23(19)33(25,29)30)15-20(21)24(28)27-13-12-17-14-18(31-2)9-11-22(17)32-3/h4-11,14-15,26H,12-13H2,1-3H3,(H,27,28)(H2,25,29,30). The largest absolute Gasteiger partial charge is 0.497 e. The molecule has 0 saturated carbocycles. The summed E-state index contributed by atoms with van der Waals surface area (Å²) in [5, 5.41) is 11.3. The molecule has 174 valence electrons. The zero-order chi connectivity index (χ0) is 24.0. The van der Waals surface area contributed by atoms with Crippen LogP contribution in [-0.4, -0.2) is 42.1 Å². The molecule has 3 aromatic rings. The zero-order valence-corrected chi connectivity index (χ0v) is 19.5. The van der Waals surface area contributed by atoms with Gasteiger partial charge in [0.2, 0.25) is 10.0 Å². The first-order chi connectivity index (χ1) is 15.8. The lowest BCUT2D eigenvalue weighted by Crippen LogP contribution is -2.26. The molecule has 0 aliphatic carbocycles. The van der Waals surface area contributed by atoms with E-state index >= 15 is 0 Å². The molecule has 0 saturated heterocycles. The number of benzene rings is 3. The molecule has 0 aliphatic rings. The third kappa shape index (κ3) is 5.63. The van der Waals surface area contributed by atoms with Gasteiger partial charge in [-0.15, -0.1) is 0 Å². The van der Waals surface area contributed by atoms with Crippen LogP contribution in [0.4, 0.5) is 5.69 Å². The quantitative estimate of drug-likeness (QED) is 0.443. The molecule has 4 N–H and O–H groups in total. The predicted octanol–water partition coefficient (Wildman–Crippen LogP) is 3.03. The van der Waals surface area contributed by atoms with E-state index in [1.807, 2.05) is 18.2 Å². The summed E-state index contributed by atoms with van der Waals surface area (Å²) in [6, 6.07) is 17.0. The lowest BCUT2D eigenvalue weighted by Gasteiger charge is -2.14. The van der Waals surface area contributed by atoms with Gasteiger partial charge in [0.25, 0.3) is 5.91 Å². The Morgan fingerprint density at radius 2 is 1.76 bits per heavy atom. The van der Waals surface area contributed by atoms with Gasteiger partial charge in [0, 0.05) is 24.8 Å². The molecule has 0 spiro atoms. The van der Waals surface area contributed by atoms with Crippen molar-refractivity contribution in [2.24, 2.45) is 5.14 Å². The van der Waals surface area contributed by atoms with Crippen LogP contribution in [0.1, 0.15) is 15.9 Å². The highest BCUT2D eigenvalue weighted by atomic mass is 32.2. The molecule has 0 heterocycles. The topological polar surface area (TPSA) is 120 Å². The Labute approximate surface area is 193 Å². The molecule has 0 aromatic heterocycles. The number of rotatable bonds is 9. The van der Waals surface area contributed by atoms with Crippen LogP contribution in [0.5, 0.6) is 11.5 Å². The lowest BCUT2D eigenvalue weighted by molar-refractivity contribution is 0.0955. The van der Waals surface area contributed by atoms with Crippen molar-refractivity contribution >= 4 is 21.6 Å². The van der Waals surface area contributed by atoms with E-state index in [2.05, 4.69) is 10.6 Å². The fraction of sp³-hybridized carbons (Fsp3) is 0.208. The van der Waals surface area contributed by atoms with Gasteiger partial charge in [-0.2, -0.15) is 0 Å². The summed E-state index contributed by atoms with van der Waals surface area (Å²) in [6.07, 6.45) is 0.537. The molecule has 9 heteroatoms. The normalized spacial score (nSPS) is 11.0. The Morgan fingerprint density at radius 3 is 2.42 bits per heavy atom. The first-order valence-corrected chi connectivity index (χ1v) is 11.8. The Hall–Kier alpha value is -3.56. The summed E-state index contributed by atoms with van der Waals surface area (Å²) in [7, 11) is 0.970. The molecule has 3 aromatic carbocycles. The SMILES string of the molecule is CNc1ccc(-c2ccccc2S(N)(=O)=O)cc1C(=O)NCCc1cc(OC)ccc1OC. The zero-order valence-electron chi connectivity index (χ0n) is 18.7. The van der Waals surface area contributed by atoms with Crippen molar-refractivity contribution in [3.8, 4) is 22.6 Å². The highest BCUT2D eigenvalue weighted by Crippen LogP contribution is 2.30. The van der Waals surface area contributed by atoms with Crippen LogP contribution < -0.4 is 25.2 Å². The van der Waals surface area contributed by atoms with E-state index in [1.54, 1.807) is 57.7 Å². The van der Waals surface area contributed by atoms with Crippen molar-refractivity contribution in [3.63, 3.8) is 0 Å². The van der Waals surface area contributed by atoms with Gasteiger partial charge >= 0.3 is 0 Å². The smallest absolute Gasteiger partial charge is 0.253 e. The van der Waals surface area contributed by atoms with Crippen LogP contribution in [0.3, 0.4) is 0 Å². The molecule has 0 unspecified atom stereocenters. The lowest BCUT2D eigenvalue weighted by atomic mass is 10.0. The average molecular weight is 470 g/mol. The number of amides is 1. The minimum Gasteiger partial charge on any atom is -0.497 e. The van der Waals surface area contributed by atoms with Gasteiger partial charge in [0.15, 0.2) is 0 Å². The molecule has 8 nitrogen and oxygen atoms in total. The number of hydrogen-bond acceptors (Lipinski definition) is 6. The maximum atomic E-state index is 13.0.